The molecule has 0 N–H and O–H groups in total. The zero-order valence-corrected chi connectivity index (χ0v) is 18.2. The monoisotopic (exact) mass is 338 g/mol. The third-order valence-electron chi connectivity index (χ3n) is 2.58. The maximum absolute atomic E-state index is 12.0. The van der Waals surface area contributed by atoms with Crippen molar-refractivity contribution in [1.29, 1.82) is 0 Å². The Hall–Kier alpha value is -0.525. The second-order valence-electron chi connectivity index (χ2n) is 8.40. The van der Waals surface area contributed by atoms with Gasteiger partial charge in [0.05, 0.1) is 16.2 Å². The molecule has 128 valence electrons. The molecule has 0 aromatic carbocycles. The number of rotatable bonds is 3. The van der Waals surface area contributed by atoms with Gasteiger partial charge in [0.15, 0.2) is 0 Å². The maximum atomic E-state index is 12.0. The van der Waals surface area contributed by atoms with Crippen molar-refractivity contribution in [3.63, 3.8) is 0 Å². The molecule has 0 spiro atoms. The zero-order chi connectivity index (χ0) is 17.9. The minimum Gasteiger partial charge on any atom is -0.625 e. The Balaban J connectivity index is 0. The fourth-order valence-electron chi connectivity index (χ4n) is 1.06. The first-order valence-electron chi connectivity index (χ1n) is 7.34. The van der Waals surface area contributed by atoms with Gasteiger partial charge in [-0.15, -0.1) is 0 Å². The predicted molar refractivity (Wildman–Crippen MR) is 83.8 cm³/mol. The summed E-state index contributed by atoms with van der Waals surface area (Å²) >= 11 is 0. The topological polar surface area (TPSA) is 78.9 Å². The molecule has 0 aliphatic rings. The van der Waals surface area contributed by atoms with E-state index < -0.39 is 41.5 Å². The number of carbonyl (C=O) groups is 3. The summed E-state index contributed by atoms with van der Waals surface area (Å²) in [6.07, 6.45) is 0. The van der Waals surface area contributed by atoms with E-state index in [4.69, 9.17) is 14.0 Å². The van der Waals surface area contributed by atoms with E-state index in [1.54, 1.807) is 62.3 Å². The Labute approximate surface area is 161 Å². The molecule has 0 amide bonds. The molecule has 0 aromatic rings. The molecule has 0 saturated carbocycles. The van der Waals surface area contributed by atoms with Gasteiger partial charge in [0, 0.05) is 0 Å². The van der Waals surface area contributed by atoms with Crippen LogP contribution in [-0.2, 0) is 28.3 Å². The summed E-state index contributed by atoms with van der Waals surface area (Å²) in [6, 6.07) is 0. The van der Waals surface area contributed by atoms with Gasteiger partial charge in [0.1, 0.15) is 0 Å². The van der Waals surface area contributed by atoms with Crippen LogP contribution in [0, 0.1) is 16.2 Å². The first-order valence-corrected chi connectivity index (χ1v) is 7.34. The largest absolute Gasteiger partial charge is 1.00 e. The van der Waals surface area contributed by atoms with Crippen LogP contribution in [0.2, 0.25) is 0 Å². The van der Waals surface area contributed by atoms with Gasteiger partial charge in [0.25, 0.3) is 17.9 Å². The molecule has 0 aliphatic carbocycles. The van der Waals surface area contributed by atoms with Gasteiger partial charge in [-0.25, -0.2) is 0 Å². The maximum Gasteiger partial charge on any atom is 1.00 e. The molecule has 0 unspecified atom stereocenters. The zero-order valence-electron chi connectivity index (χ0n) is 16.2. The van der Waals surface area contributed by atoms with Crippen molar-refractivity contribution in [3.05, 3.63) is 0 Å². The molecule has 0 saturated heterocycles. The van der Waals surface area contributed by atoms with Crippen LogP contribution in [0.1, 0.15) is 62.3 Å². The smallest absolute Gasteiger partial charge is 0.625 e. The summed E-state index contributed by atoms with van der Waals surface area (Å²) in [6.45, 7) is 14.9. The molecule has 0 atom stereocenters. The minimum absolute atomic E-state index is 0. The second kappa shape index (κ2) is 8.54. The quantitative estimate of drug-likeness (QED) is 0.644. The van der Waals surface area contributed by atoms with E-state index in [-0.39, 0.29) is 29.6 Å². The number of hydrogen-bond donors (Lipinski definition) is 0. The van der Waals surface area contributed by atoms with Crippen LogP contribution in [0.4, 0.5) is 0 Å². The molecule has 0 aliphatic heterocycles. The van der Waals surface area contributed by atoms with Gasteiger partial charge < -0.3 is 14.0 Å². The van der Waals surface area contributed by atoms with Crippen LogP contribution in [-0.4, -0.2) is 25.2 Å². The van der Waals surface area contributed by atoms with E-state index in [1.165, 1.54) is 0 Å². The van der Waals surface area contributed by atoms with Crippen molar-refractivity contribution in [3.8, 4) is 0 Å². The standard InChI is InChI=1S/C15H28BO6.Na/c1-13(2,3)10(17)20-16(21-11(18)14(4,5)6)22-12(19)15(7,8)9;/h16H,1-9H3;/q-1;+1. The summed E-state index contributed by atoms with van der Waals surface area (Å²) in [5, 5.41) is 0. The third kappa shape index (κ3) is 9.38. The normalized spacial score (nSPS) is 12.3. The minimum atomic E-state index is -2.63. The average Bonchev–Trinajstić information content (AvgIpc) is 2.24. The molecule has 0 fully saturated rings. The van der Waals surface area contributed by atoms with E-state index in [2.05, 4.69) is 0 Å². The fourth-order valence-corrected chi connectivity index (χ4v) is 1.06. The summed E-state index contributed by atoms with van der Waals surface area (Å²) in [7, 11) is -2.63. The molecular formula is C15H28BNaO6. The summed E-state index contributed by atoms with van der Waals surface area (Å²) in [4.78, 5) is 35.9. The van der Waals surface area contributed by atoms with Gasteiger partial charge in [0.2, 0.25) is 0 Å². The van der Waals surface area contributed by atoms with Crippen molar-refractivity contribution >= 4 is 25.2 Å². The van der Waals surface area contributed by atoms with Crippen LogP contribution in [0.15, 0.2) is 0 Å². The summed E-state index contributed by atoms with van der Waals surface area (Å²) < 4.78 is 15.3. The molecule has 0 heterocycles. The van der Waals surface area contributed by atoms with Gasteiger partial charge in [-0.2, -0.15) is 0 Å². The summed E-state index contributed by atoms with van der Waals surface area (Å²) in [5.41, 5.74) is -2.39. The fraction of sp³-hybridized carbons (Fsp3) is 0.800. The van der Waals surface area contributed by atoms with E-state index in [0.717, 1.165) is 0 Å². The molecule has 0 rings (SSSR count). The van der Waals surface area contributed by atoms with Crippen LogP contribution in [0.25, 0.3) is 0 Å². The van der Waals surface area contributed by atoms with Crippen molar-refractivity contribution in [1.82, 2.24) is 0 Å². The van der Waals surface area contributed by atoms with Crippen molar-refractivity contribution in [2.24, 2.45) is 16.2 Å². The van der Waals surface area contributed by atoms with Crippen LogP contribution in [0.3, 0.4) is 0 Å². The summed E-state index contributed by atoms with van der Waals surface area (Å²) in [5.74, 6) is -1.80. The van der Waals surface area contributed by atoms with Crippen molar-refractivity contribution in [2.45, 2.75) is 62.3 Å². The van der Waals surface area contributed by atoms with Crippen molar-refractivity contribution < 1.29 is 57.9 Å². The SMILES string of the molecule is CC(C)(C)C(=O)O[BH-](OC(=O)C(C)(C)C)OC(=O)C(C)(C)C.[Na+]. The molecule has 0 radical (unpaired) electrons. The molecule has 0 bridgehead atoms. The first kappa shape index (κ1) is 24.7. The Morgan fingerprint density at radius 1 is 0.565 bits per heavy atom. The molecular weight excluding hydrogens is 310 g/mol. The van der Waals surface area contributed by atoms with Gasteiger partial charge in [-0.1, -0.05) is 0 Å². The number of carbonyl (C=O) groups excluding carboxylic acids is 3. The molecule has 23 heavy (non-hydrogen) atoms. The molecule has 8 heteroatoms. The third-order valence-corrected chi connectivity index (χ3v) is 2.58. The van der Waals surface area contributed by atoms with E-state index in [1.807, 2.05) is 0 Å². The Morgan fingerprint density at radius 3 is 0.870 bits per heavy atom. The Bertz CT molecular complexity index is 376. The van der Waals surface area contributed by atoms with Gasteiger partial charge in [-0.05, 0) is 62.3 Å². The first-order chi connectivity index (χ1) is 9.55. The Morgan fingerprint density at radius 2 is 0.739 bits per heavy atom. The van der Waals surface area contributed by atoms with E-state index in [0.29, 0.717) is 0 Å². The number of hydrogen-bond acceptors (Lipinski definition) is 6. The van der Waals surface area contributed by atoms with Gasteiger partial charge >= 0.3 is 36.9 Å². The second-order valence-corrected chi connectivity index (χ2v) is 8.40. The van der Waals surface area contributed by atoms with Crippen LogP contribution >= 0.6 is 0 Å². The molecule has 6 nitrogen and oxygen atoms in total. The van der Waals surface area contributed by atoms with Crippen molar-refractivity contribution in [2.75, 3.05) is 0 Å². The van der Waals surface area contributed by atoms with E-state index >= 15 is 0 Å². The van der Waals surface area contributed by atoms with E-state index in [9.17, 15) is 14.4 Å². The Kier molecular flexibility index (Phi) is 9.18. The van der Waals surface area contributed by atoms with Gasteiger partial charge in [-0.3, -0.25) is 14.4 Å². The average molecular weight is 338 g/mol. The molecule has 0 aromatic heterocycles. The predicted octanol–water partition coefficient (Wildman–Crippen LogP) is -0.524. The van der Waals surface area contributed by atoms with Crippen LogP contribution in [0.5, 0.6) is 0 Å². The van der Waals surface area contributed by atoms with Crippen LogP contribution < -0.4 is 29.6 Å².